The zero-order valence-corrected chi connectivity index (χ0v) is 10.4. The first-order valence-electron chi connectivity index (χ1n) is 5.40. The molecule has 3 rings (SSSR count). The van der Waals surface area contributed by atoms with Gasteiger partial charge in [0, 0.05) is 17.0 Å². The van der Waals surface area contributed by atoms with Gasteiger partial charge >= 0.3 is 5.97 Å². The van der Waals surface area contributed by atoms with Crippen molar-refractivity contribution >= 4 is 22.3 Å². The third-order valence-corrected chi connectivity index (χ3v) is 4.43. The lowest BCUT2D eigenvalue weighted by Crippen LogP contribution is -2.34. The Hall–Kier alpha value is -1.40. The SMILES string of the molecule is Cc1nc2scc(C)n2c1C1CC1(N)C(=O)O. The highest BCUT2D eigenvalue weighted by molar-refractivity contribution is 7.15. The van der Waals surface area contributed by atoms with Crippen molar-refractivity contribution in [2.45, 2.75) is 31.7 Å². The molecule has 90 valence electrons. The Kier molecular flexibility index (Phi) is 1.95. The number of carboxylic acids is 1. The van der Waals surface area contributed by atoms with E-state index in [1.54, 1.807) is 11.3 Å². The number of hydrogen-bond acceptors (Lipinski definition) is 4. The summed E-state index contributed by atoms with van der Waals surface area (Å²) in [6.07, 6.45) is 0.492. The molecule has 0 amide bonds. The van der Waals surface area contributed by atoms with Crippen LogP contribution in [0.4, 0.5) is 0 Å². The molecule has 1 aliphatic carbocycles. The summed E-state index contributed by atoms with van der Waals surface area (Å²) in [6.45, 7) is 3.91. The first kappa shape index (κ1) is 10.7. The molecule has 3 N–H and O–H groups in total. The van der Waals surface area contributed by atoms with Crippen LogP contribution >= 0.6 is 11.3 Å². The van der Waals surface area contributed by atoms with Crippen LogP contribution in [0.2, 0.25) is 0 Å². The third kappa shape index (κ3) is 1.28. The van der Waals surface area contributed by atoms with Crippen LogP contribution < -0.4 is 5.73 Å². The summed E-state index contributed by atoms with van der Waals surface area (Å²) in [5.41, 5.74) is 7.70. The topological polar surface area (TPSA) is 80.6 Å². The van der Waals surface area contributed by atoms with E-state index in [0.29, 0.717) is 6.42 Å². The van der Waals surface area contributed by atoms with E-state index in [0.717, 1.165) is 22.0 Å². The van der Waals surface area contributed by atoms with Crippen LogP contribution in [0.15, 0.2) is 5.38 Å². The molecular weight excluding hydrogens is 238 g/mol. The quantitative estimate of drug-likeness (QED) is 0.842. The van der Waals surface area contributed by atoms with Crippen molar-refractivity contribution in [2.75, 3.05) is 0 Å². The van der Waals surface area contributed by atoms with Crippen LogP contribution in [0.5, 0.6) is 0 Å². The van der Waals surface area contributed by atoms with E-state index < -0.39 is 11.5 Å². The second kappa shape index (κ2) is 3.08. The Morgan fingerprint density at radius 2 is 2.41 bits per heavy atom. The predicted molar refractivity (Wildman–Crippen MR) is 64.5 cm³/mol. The average Bonchev–Trinajstić information content (AvgIpc) is 2.64. The largest absolute Gasteiger partial charge is 0.480 e. The Morgan fingerprint density at radius 3 is 3.00 bits per heavy atom. The molecule has 1 saturated carbocycles. The van der Waals surface area contributed by atoms with Crippen molar-refractivity contribution in [1.29, 1.82) is 0 Å². The number of rotatable bonds is 2. The highest BCUT2D eigenvalue weighted by Crippen LogP contribution is 2.51. The number of aliphatic carboxylic acids is 1. The summed E-state index contributed by atoms with van der Waals surface area (Å²) in [7, 11) is 0. The molecular formula is C11H13N3O2S. The van der Waals surface area contributed by atoms with Crippen LogP contribution in [0.3, 0.4) is 0 Å². The minimum atomic E-state index is -1.10. The minimum absolute atomic E-state index is 0.122. The van der Waals surface area contributed by atoms with Gasteiger partial charge in [0.2, 0.25) is 0 Å². The van der Waals surface area contributed by atoms with Gasteiger partial charge < -0.3 is 10.8 Å². The molecule has 0 aliphatic heterocycles. The first-order valence-corrected chi connectivity index (χ1v) is 6.28. The molecule has 5 nitrogen and oxygen atoms in total. The molecule has 2 heterocycles. The summed E-state index contributed by atoms with van der Waals surface area (Å²) >= 11 is 1.57. The molecule has 1 aliphatic rings. The fourth-order valence-corrected chi connectivity index (χ4v) is 3.31. The van der Waals surface area contributed by atoms with Gasteiger partial charge in [-0.05, 0) is 20.3 Å². The van der Waals surface area contributed by atoms with Crippen LogP contribution in [-0.2, 0) is 4.79 Å². The van der Waals surface area contributed by atoms with E-state index in [2.05, 4.69) is 4.98 Å². The van der Waals surface area contributed by atoms with Crippen LogP contribution in [0.1, 0.15) is 29.4 Å². The molecule has 0 radical (unpaired) electrons. The fourth-order valence-electron chi connectivity index (χ4n) is 2.39. The number of nitrogens with two attached hydrogens (primary N) is 1. The Bertz CT molecular complexity index is 630. The lowest BCUT2D eigenvalue weighted by atomic mass is 10.1. The molecule has 0 spiro atoms. The summed E-state index contributed by atoms with van der Waals surface area (Å²) in [6, 6.07) is 0. The van der Waals surface area contributed by atoms with Crippen molar-refractivity contribution in [3.8, 4) is 0 Å². The van der Waals surface area contributed by atoms with E-state index in [1.807, 2.05) is 23.6 Å². The Labute approximate surface area is 102 Å². The Balaban J connectivity index is 2.16. The smallest absolute Gasteiger partial charge is 0.324 e. The van der Waals surface area contributed by atoms with Gasteiger partial charge in [-0.2, -0.15) is 0 Å². The number of carboxylic acid groups (broad SMARTS) is 1. The van der Waals surface area contributed by atoms with Crippen molar-refractivity contribution < 1.29 is 9.90 Å². The number of aromatic nitrogens is 2. The molecule has 0 saturated heterocycles. The van der Waals surface area contributed by atoms with E-state index >= 15 is 0 Å². The number of nitrogens with zero attached hydrogens (tertiary/aromatic N) is 2. The van der Waals surface area contributed by atoms with Crippen LogP contribution in [-0.4, -0.2) is 26.0 Å². The first-order chi connectivity index (χ1) is 7.95. The minimum Gasteiger partial charge on any atom is -0.480 e. The van der Waals surface area contributed by atoms with Crippen LogP contribution in [0, 0.1) is 13.8 Å². The monoisotopic (exact) mass is 251 g/mol. The van der Waals surface area contributed by atoms with Gasteiger partial charge in [0.05, 0.1) is 11.4 Å². The van der Waals surface area contributed by atoms with Gasteiger partial charge in [0.15, 0.2) is 4.96 Å². The fraction of sp³-hybridized carbons (Fsp3) is 0.455. The number of fused-ring (bicyclic) bond motifs is 1. The maximum atomic E-state index is 11.1. The molecule has 6 heteroatoms. The molecule has 17 heavy (non-hydrogen) atoms. The Morgan fingerprint density at radius 1 is 1.71 bits per heavy atom. The van der Waals surface area contributed by atoms with Crippen molar-refractivity contribution in [3.63, 3.8) is 0 Å². The number of thiazole rings is 1. The second-order valence-corrected chi connectivity index (χ2v) is 5.52. The van der Waals surface area contributed by atoms with E-state index in [-0.39, 0.29) is 5.92 Å². The summed E-state index contributed by atoms with van der Waals surface area (Å²) < 4.78 is 2.03. The van der Waals surface area contributed by atoms with Crippen molar-refractivity contribution in [3.05, 3.63) is 22.5 Å². The average molecular weight is 251 g/mol. The second-order valence-electron chi connectivity index (χ2n) is 4.68. The van der Waals surface area contributed by atoms with Crippen molar-refractivity contribution in [2.24, 2.45) is 5.73 Å². The summed E-state index contributed by atoms with van der Waals surface area (Å²) in [5.74, 6) is -1.05. The molecule has 2 aromatic rings. The lowest BCUT2D eigenvalue weighted by Gasteiger charge is -2.06. The van der Waals surface area contributed by atoms with Gasteiger partial charge in [0.1, 0.15) is 5.54 Å². The van der Waals surface area contributed by atoms with Crippen molar-refractivity contribution in [1.82, 2.24) is 9.38 Å². The van der Waals surface area contributed by atoms with Gasteiger partial charge in [-0.1, -0.05) is 0 Å². The number of imidazole rings is 1. The zero-order valence-electron chi connectivity index (χ0n) is 9.60. The van der Waals surface area contributed by atoms with Gasteiger partial charge in [-0.3, -0.25) is 9.20 Å². The van der Waals surface area contributed by atoms with Crippen LogP contribution in [0.25, 0.3) is 4.96 Å². The molecule has 0 bridgehead atoms. The number of carbonyl (C=O) groups is 1. The standard InChI is InChI=1S/C11H13N3O2S/c1-5-4-17-10-13-6(2)8(14(5)10)7-3-11(7,12)9(15)16/h4,7H,3,12H2,1-2H3,(H,15,16). The maximum absolute atomic E-state index is 11.1. The summed E-state index contributed by atoms with van der Waals surface area (Å²) in [5, 5.41) is 11.1. The highest BCUT2D eigenvalue weighted by Gasteiger charge is 2.60. The number of aryl methyl sites for hydroxylation is 2. The van der Waals surface area contributed by atoms with Gasteiger partial charge in [-0.25, -0.2) is 4.98 Å². The lowest BCUT2D eigenvalue weighted by molar-refractivity contribution is -0.139. The maximum Gasteiger partial charge on any atom is 0.324 e. The molecule has 0 aromatic carbocycles. The third-order valence-electron chi connectivity index (χ3n) is 3.49. The van der Waals surface area contributed by atoms with Gasteiger partial charge in [-0.15, -0.1) is 11.3 Å². The van der Waals surface area contributed by atoms with E-state index in [9.17, 15) is 4.79 Å². The molecule has 1 fully saturated rings. The molecule has 2 unspecified atom stereocenters. The predicted octanol–water partition coefficient (Wildman–Crippen LogP) is 1.28. The molecule has 2 atom stereocenters. The van der Waals surface area contributed by atoms with E-state index in [1.165, 1.54) is 0 Å². The zero-order chi connectivity index (χ0) is 12.4. The van der Waals surface area contributed by atoms with E-state index in [4.69, 9.17) is 10.8 Å². The molecule has 2 aromatic heterocycles. The normalized spacial score (nSPS) is 27.6. The summed E-state index contributed by atoms with van der Waals surface area (Å²) in [4.78, 5) is 16.5. The number of hydrogen-bond donors (Lipinski definition) is 2. The highest BCUT2D eigenvalue weighted by atomic mass is 32.1. The van der Waals surface area contributed by atoms with Gasteiger partial charge in [0.25, 0.3) is 0 Å².